The topological polar surface area (TPSA) is 71.4 Å². The molecule has 41 valence electrons. The van der Waals surface area contributed by atoms with E-state index in [2.05, 4.69) is 0 Å². The van der Waals surface area contributed by atoms with E-state index in [1.807, 2.05) is 0 Å². The Kier molecular flexibility index (Phi) is 14.1. The summed E-state index contributed by atoms with van der Waals surface area (Å²) in [6.07, 6.45) is 0. The van der Waals surface area contributed by atoms with Crippen molar-refractivity contribution in [1.29, 1.82) is 0 Å². The van der Waals surface area contributed by atoms with E-state index in [4.69, 9.17) is 15.7 Å². The van der Waals surface area contributed by atoms with Crippen molar-refractivity contribution in [3.8, 4) is 0 Å². The number of hydrogen-bond acceptors (Lipinski definition) is 3. The molecule has 0 aliphatic rings. The second-order valence-corrected chi connectivity index (χ2v) is 1.63. The van der Waals surface area contributed by atoms with Crippen LogP contribution in [0.5, 0.6) is 0 Å². The first-order chi connectivity index (χ1) is 2.00. The molecule has 1 N–H and O–H groups in total. The first-order valence-corrected chi connectivity index (χ1v) is 2.61. The maximum absolute atomic E-state index is 8.69. The molecule has 0 aromatic heterocycles. The summed E-state index contributed by atoms with van der Waals surface area (Å²) < 4.78 is 33.1. The van der Waals surface area contributed by atoms with Gasteiger partial charge in [0.1, 0.15) is 0 Å². The van der Waals surface area contributed by atoms with Gasteiger partial charge < -0.3 is 1.43 Å². The summed E-state index contributed by atoms with van der Waals surface area (Å²) in [5.41, 5.74) is 0. The summed E-state index contributed by atoms with van der Waals surface area (Å²) >= 11 is -5.38. The van der Waals surface area contributed by atoms with Crippen LogP contribution in [-0.2, 0) is 41.5 Å². The van der Waals surface area contributed by atoms with Gasteiger partial charge in [0, 0.05) is 17.1 Å². The van der Waals surface area contributed by atoms with Crippen LogP contribution >= 0.6 is 0 Å². The van der Waals surface area contributed by atoms with Gasteiger partial charge in [-0.05, 0) is 0 Å². The molecule has 0 saturated carbocycles. The zero-order valence-electron chi connectivity index (χ0n) is 4.43. The van der Waals surface area contributed by atoms with E-state index in [1.54, 1.807) is 0 Å². The second kappa shape index (κ2) is 6.16. The Hall–Kier alpha value is 2.04. The van der Waals surface area contributed by atoms with Crippen LogP contribution in [0.15, 0.2) is 0 Å². The summed E-state index contributed by atoms with van der Waals surface area (Å²) in [4.78, 5) is 0. The Labute approximate surface area is 96.6 Å². The van der Waals surface area contributed by atoms with Gasteiger partial charge in [0.25, 0.3) is 0 Å². The van der Waals surface area contributed by atoms with Crippen molar-refractivity contribution in [3.63, 3.8) is 0 Å². The van der Waals surface area contributed by atoms with Crippen molar-refractivity contribution in [3.05, 3.63) is 0 Å². The molecule has 1 radical (unpaired) electrons. The molecule has 0 amide bonds. The van der Waals surface area contributed by atoms with Crippen molar-refractivity contribution in [2.75, 3.05) is 0 Å². The molecule has 0 bridgehead atoms. The molecule has 0 fully saturated rings. The molecule has 0 heterocycles. The first-order valence-electron chi connectivity index (χ1n) is 0.632. The monoisotopic (exact) mass is 215 g/mol. The normalized spacial score (nSPS) is 8.14. The van der Waals surface area contributed by atoms with Gasteiger partial charge in [-0.1, -0.05) is 0 Å². The molecule has 0 aliphatic heterocycles. The van der Waals surface area contributed by atoms with Gasteiger partial charge in [-0.3, -0.25) is 0 Å². The summed E-state index contributed by atoms with van der Waals surface area (Å²) in [5, 5.41) is 0. The van der Waals surface area contributed by atoms with Crippen molar-refractivity contribution in [1.82, 2.24) is 0 Å². The number of hydrogen-bond donors (Lipinski definition) is 1. The minimum atomic E-state index is -5.38. The zero-order valence-corrected chi connectivity index (χ0v) is 8.91. The second-order valence-electron chi connectivity index (χ2n) is 0.396. The van der Waals surface area contributed by atoms with E-state index >= 15 is 0 Å². The van der Waals surface area contributed by atoms with Crippen LogP contribution in [0.1, 0.15) is 1.43 Å². The molecule has 0 aliphatic carbocycles. The van der Waals surface area contributed by atoms with E-state index in [0.717, 1.165) is 0 Å². The van der Waals surface area contributed by atoms with Crippen LogP contribution in [0.4, 0.5) is 0 Å². The Morgan fingerprint density at radius 3 is 1.29 bits per heavy atom. The minimum absolute atomic E-state index is 0. The fourth-order valence-corrected chi connectivity index (χ4v) is 0. The van der Waals surface area contributed by atoms with E-state index in [-0.39, 0.29) is 69.9 Å². The van der Waals surface area contributed by atoms with Crippen LogP contribution in [0, 0.1) is 0 Å². The standard InChI is InChI=1S/K.2Mn.H2O.3O.H/h;;;1H2;;;;/q+1;;+1;;;;;-1/p-1. The molecule has 0 spiro atoms. The number of rotatable bonds is 0. The molecular formula is H2KMn2O4. The van der Waals surface area contributed by atoms with E-state index in [9.17, 15) is 0 Å². The maximum atomic E-state index is 8.69. The third kappa shape index (κ3) is 70.7. The van der Waals surface area contributed by atoms with Crippen LogP contribution in [-0.4, -0.2) is 4.19 Å². The average Bonchev–Trinajstić information content (AvgIpc) is 0.722. The first kappa shape index (κ1) is 16.0. The van der Waals surface area contributed by atoms with Crippen molar-refractivity contribution < 1.29 is 98.5 Å². The van der Waals surface area contributed by atoms with Gasteiger partial charge in [0.15, 0.2) is 0 Å². The van der Waals surface area contributed by atoms with Crippen LogP contribution < -0.4 is 51.4 Å². The summed E-state index contributed by atoms with van der Waals surface area (Å²) in [6, 6.07) is 0. The van der Waals surface area contributed by atoms with Crippen molar-refractivity contribution in [2.24, 2.45) is 0 Å². The quantitative estimate of drug-likeness (QED) is 0.420. The Morgan fingerprint density at radius 1 is 1.29 bits per heavy atom. The van der Waals surface area contributed by atoms with Crippen molar-refractivity contribution >= 4 is 0 Å². The van der Waals surface area contributed by atoms with Gasteiger partial charge in [-0.15, -0.1) is 0 Å². The predicted octanol–water partition coefficient (Wildman–Crippen LogP) is -3.80. The fraction of sp³-hybridized carbons (Fsp3) is 0. The molecule has 0 saturated heterocycles. The molecule has 7 heavy (non-hydrogen) atoms. The average molecular weight is 215 g/mol. The van der Waals surface area contributed by atoms with Gasteiger partial charge in [-0.25, -0.2) is 0 Å². The Morgan fingerprint density at radius 2 is 1.29 bits per heavy atom. The van der Waals surface area contributed by atoms with E-state index in [0.29, 0.717) is 0 Å². The third-order valence-corrected chi connectivity index (χ3v) is 0. The summed E-state index contributed by atoms with van der Waals surface area (Å²) in [6.45, 7) is 0. The van der Waals surface area contributed by atoms with Gasteiger partial charge in [0.05, 0.1) is 0 Å². The Balaban J connectivity index is -0.0000000267. The molecule has 0 atom stereocenters. The zero-order chi connectivity index (χ0) is 4.50. The predicted molar refractivity (Wildman–Crippen MR) is 5.39 cm³/mol. The van der Waals surface area contributed by atoms with Crippen LogP contribution in [0.25, 0.3) is 0 Å². The Bertz CT molecular complexity index is 135. The summed E-state index contributed by atoms with van der Waals surface area (Å²) in [5.74, 6) is 0. The van der Waals surface area contributed by atoms with Gasteiger partial charge in [-0.2, -0.15) is 0 Å². The van der Waals surface area contributed by atoms with Crippen LogP contribution in [0.2, 0.25) is 0 Å². The van der Waals surface area contributed by atoms with Crippen LogP contribution in [0.3, 0.4) is 0 Å². The third-order valence-electron chi connectivity index (χ3n) is 0. The molecule has 0 rings (SSSR count). The molecular weight excluding hydrogens is 213 g/mol. The fourth-order valence-electron chi connectivity index (χ4n) is 0. The van der Waals surface area contributed by atoms with Crippen molar-refractivity contribution in [2.45, 2.75) is 0 Å². The summed E-state index contributed by atoms with van der Waals surface area (Å²) in [7, 11) is 0. The molecule has 4 nitrogen and oxygen atoms in total. The van der Waals surface area contributed by atoms with E-state index < -0.39 is 13.0 Å². The molecule has 0 unspecified atom stereocenters. The van der Waals surface area contributed by atoms with Gasteiger partial charge in [0.2, 0.25) is 0 Å². The van der Waals surface area contributed by atoms with E-state index in [1.165, 1.54) is 0 Å². The van der Waals surface area contributed by atoms with Gasteiger partial charge >= 0.3 is 80.0 Å². The SMILES string of the molecule is [H-].[K+].[Mn].[O]=[Mn](=[O])(=[O])[OH]. The molecule has 0 aromatic carbocycles. The molecule has 7 heteroatoms. The molecule has 0 aromatic rings.